The number of hydrogen-bond acceptors (Lipinski definition) is 2. The Hall–Kier alpha value is -1.45. The molecule has 0 aliphatic carbocycles. The van der Waals surface area contributed by atoms with Gasteiger partial charge in [0.25, 0.3) is 0 Å². The summed E-state index contributed by atoms with van der Waals surface area (Å²) in [6.07, 6.45) is 12.2. The van der Waals surface area contributed by atoms with Crippen LogP contribution >= 0.6 is 7.60 Å². The lowest BCUT2D eigenvalue weighted by molar-refractivity contribution is 0.345. The molecule has 0 spiro atoms. The lowest BCUT2D eigenvalue weighted by atomic mass is 9.86. The number of rotatable bonds is 16. The second-order valence-corrected chi connectivity index (χ2v) is 10.4. The summed E-state index contributed by atoms with van der Waals surface area (Å²) in [5.74, 6) is -0.295. The van der Waals surface area contributed by atoms with Crippen LogP contribution in [0.1, 0.15) is 87.7 Å². The molecule has 2 aromatic rings. The van der Waals surface area contributed by atoms with Gasteiger partial charge in [-0.15, -0.1) is 0 Å². The van der Waals surface area contributed by atoms with Crippen LogP contribution in [0.4, 0.5) is 0 Å². The van der Waals surface area contributed by atoms with Gasteiger partial charge in [0, 0.05) is 5.92 Å². The molecule has 0 aliphatic heterocycles. The summed E-state index contributed by atoms with van der Waals surface area (Å²) >= 11 is 0. The van der Waals surface area contributed by atoms with Crippen LogP contribution in [0, 0.1) is 0 Å². The van der Waals surface area contributed by atoms with Crippen molar-refractivity contribution in [1.29, 1.82) is 0 Å². The van der Waals surface area contributed by atoms with Gasteiger partial charge in [-0.3, -0.25) is 4.57 Å². The van der Waals surface area contributed by atoms with Crippen LogP contribution in [0.2, 0.25) is 0 Å². The molecule has 0 unspecified atom stereocenters. The molecule has 0 fully saturated rings. The van der Waals surface area contributed by atoms with Crippen LogP contribution in [-0.2, 0) is 4.57 Å². The highest BCUT2D eigenvalue weighted by Crippen LogP contribution is 2.52. The minimum atomic E-state index is -4.25. The number of unbranched alkanes of at least 4 members (excludes halogenated alkanes) is 9. The average Bonchev–Trinajstić information content (AvgIpc) is 2.77. The maximum atomic E-state index is 12.5. The number of benzene rings is 2. The molecule has 2 aromatic carbocycles. The van der Waals surface area contributed by atoms with Gasteiger partial charge in [-0.1, -0.05) is 118 Å². The van der Waals surface area contributed by atoms with Crippen molar-refractivity contribution in [2.45, 2.75) is 82.2 Å². The Bertz CT molecular complexity index is 708. The van der Waals surface area contributed by atoms with Crippen LogP contribution in [0.25, 0.3) is 0 Å². The van der Waals surface area contributed by atoms with E-state index in [0.29, 0.717) is 6.42 Å². The molecule has 4 N–H and O–H groups in total. The van der Waals surface area contributed by atoms with E-state index in [4.69, 9.17) is 5.73 Å². The molecule has 0 radical (unpaired) electrons. The topological polar surface area (TPSA) is 83.6 Å². The van der Waals surface area contributed by atoms with Crippen molar-refractivity contribution in [3.8, 4) is 0 Å². The minimum absolute atomic E-state index is 0.295. The Kier molecular flexibility index (Phi) is 12.1. The molecule has 31 heavy (non-hydrogen) atoms. The zero-order valence-electron chi connectivity index (χ0n) is 18.7. The molecule has 0 bridgehead atoms. The van der Waals surface area contributed by atoms with Gasteiger partial charge in [-0.05, 0) is 30.5 Å². The molecule has 4 nitrogen and oxygen atoms in total. The van der Waals surface area contributed by atoms with Gasteiger partial charge < -0.3 is 15.5 Å². The Balaban J connectivity index is 1.88. The van der Waals surface area contributed by atoms with Crippen molar-refractivity contribution in [2.24, 2.45) is 5.73 Å². The standard InChI is InChI=1S/C26H40NO3P/c27-22-16-8-6-4-2-1-3-5-7-15-21-25(31(28,29)30)26(23-17-11-9-12-18-23)24-19-13-10-14-20-24/h9-14,17-20,25-26H,1-8,15-16,21-22,27H2,(H2,28,29,30)/t25-/m1/s1. The summed E-state index contributed by atoms with van der Waals surface area (Å²) in [5.41, 5.74) is 6.76. The zero-order valence-corrected chi connectivity index (χ0v) is 19.6. The van der Waals surface area contributed by atoms with Gasteiger partial charge in [0.1, 0.15) is 0 Å². The fourth-order valence-electron chi connectivity index (χ4n) is 4.40. The van der Waals surface area contributed by atoms with Gasteiger partial charge in [0.05, 0.1) is 5.66 Å². The predicted octanol–water partition coefficient (Wildman–Crippen LogP) is 6.61. The first kappa shape index (κ1) is 25.8. The monoisotopic (exact) mass is 445 g/mol. The van der Waals surface area contributed by atoms with Crippen molar-refractivity contribution >= 4 is 7.60 Å². The zero-order chi connectivity index (χ0) is 22.4. The minimum Gasteiger partial charge on any atom is -0.330 e. The van der Waals surface area contributed by atoms with Crippen LogP contribution < -0.4 is 5.73 Å². The molecule has 0 saturated heterocycles. The summed E-state index contributed by atoms with van der Waals surface area (Å²) in [7, 11) is -4.25. The van der Waals surface area contributed by atoms with E-state index in [0.717, 1.165) is 43.4 Å². The fraction of sp³-hybridized carbons (Fsp3) is 0.538. The van der Waals surface area contributed by atoms with Gasteiger partial charge in [-0.2, -0.15) is 0 Å². The second kappa shape index (κ2) is 14.6. The van der Waals surface area contributed by atoms with Crippen molar-refractivity contribution < 1.29 is 14.4 Å². The normalized spacial score (nSPS) is 12.9. The highest BCUT2D eigenvalue weighted by molar-refractivity contribution is 7.52. The van der Waals surface area contributed by atoms with E-state index in [1.54, 1.807) is 0 Å². The highest BCUT2D eigenvalue weighted by atomic mass is 31.2. The molecule has 0 aliphatic rings. The molecule has 0 saturated carbocycles. The number of hydrogen-bond donors (Lipinski definition) is 3. The summed E-state index contributed by atoms with van der Waals surface area (Å²) < 4.78 is 12.5. The first-order valence-electron chi connectivity index (χ1n) is 11.9. The molecule has 0 heterocycles. The molecule has 0 aromatic heterocycles. The maximum absolute atomic E-state index is 12.5. The van der Waals surface area contributed by atoms with Crippen LogP contribution in [-0.4, -0.2) is 22.0 Å². The third kappa shape index (κ3) is 9.70. The predicted molar refractivity (Wildman–Crippen MR) is 130 cm³/mol. The van der Waals surface area contributed by atoms with Gasteiger partial charge >= 0.3 is 7.60 Å². The summed E-state index contributed by atoms with van der Waals surface area (Å²) in [6.45, 7) is 0.797. The number of nitrogens with two attached hydrogens (primary N) is 1. The SMILES string of the molecule is NCCCCCCCCCCCC[C@H](C(c1ccccc1)c1ccccc1)P(=O)(O)O. The fourth-order valence-corrected chi connectivity index (χ4v) is 5.65. The van der Waals surface area contributed by atoms with Crippen molar-refractivity contribution in [1.82, 2.24) is 0 Å². The highest BCUT2D eigenvalue weighted by Gasteiger charge is 2.37. The molecule has 0 amide bonds. The Labute approximate surface area is 188 Å². The van der Waals surface area contributed by atoms with E-state index in [-0.39, 0.29) is 5.92 Å². The van der Waals surface area contributed by atoms with E-state index in [1.807, 2.05) is 60.7 Å². The summed E-state index contributed by atoms with van der Waals surface area (Å²) in [5, 5.41) is 0. The molecular weight excluding hydrogens is 405 g/mol. The molecule has 2 rings (SSSR count). The largest absolute Gasteiger partial charge is 0.330 e. The van der Waals surface area contributed by atoms with E-state index >= 15 is 0 Å². The van der Waals surface area contributed by atoms with Gasteiger partial charge in [0.2, 0.25) is 0 Å². The summed E-state index contributed by atoms with van der Waals surface area (Å²) in [4.78, 5) is 20.5. The molecule has 5 heteroatoms. The lowest BCUT2D eigenvalue weighted by Crippen LogP contribution is -2.21. The van der Waals surface area contributed by atoms with Crippen LogP contribution in [0.15, 0.2) is 60.7 Å². The average molecular weight is 446 g/mol. The molecule has 172 valence electrons. The molecular formula is C26H40NO3P. The Morgan fingerprint density at radius 3 is 1.42 bits per heavy atom. The van der Waals surface area contributed by atoms with E-state index < -0.39 is 13.3 Å². The van der Waals surface area contributed by atoms with Crippen molar-refractivity contribution in [2.75, 3.05) is 6.54 Å². The van der Waals surface area contributed by atoms with Crippen LogP contribution in [0.3, 0.4) is 0 Å². The molecule has 1 atom stereocenters. The van der Waals surface area contributed by atoms with Crippen molar-refractivity contribution in [3.05, 3.63) is 71.8 Å². The van der Waals surface area contributed by atoms with E-state index in [1.165, 1.54) is 38.5 Å². The quantitative estimate of drug-likeness (QED) is 0.200. The smallest absolute Gasteiger partial charge is 0.329 e. The maximum Gasteiger partial charge on any atom is 0.329 e. The van der Waals surface area contributed by atoms with Gasteiger partial charge in [0.15, 0.2) is 0 Å². The van der Waals surface area contributed by atoms with Gasteiger partial charge in [-0.25, -0.2) is 0 Å². The first-order valence-corrected chi connectivity index (χ1v) is 13.6. The van der Waals surface area contributed by atoms with E-state index in [9.17, 15) is 14.4 Å². The Morgan fingerprint density at radius 2 is 1.03 bits per heavy atom. The first-order chi connectivity index (χ1) is 15.0. The second-order valence-electron chi connectivity index (χ2n) is 8.57. The summed E-state index contributed by atoms with van der Waals surface area (Å²) in [6, 6.07) is 19.6. The third-order valence-corrected chi connectivity index (χ3v) is 7.51. The third-order valence-electron chi connectivity index (χ3n) is 6.09. The Morgan fingerprint density at radius 1 is 0.645 bits per heavy atom. The van der Waals surface area contributed by atoms with Crippen LogP contribution in [0.5, 0.6) is 0 Å². The van der Waals surface area contributed by atoms with Crippen molar-refractivity contribution in [3.63, 3.8) is 0 Å². The van der Waals surface area contributed by atoms with E-state index in [2.05, 4.69) is 0 Å². The lowest BCUT2D eigenvalue weighted by Gasteiger charge is -2.29.